The van der Waals surface area contributed by atoms with Gasteiger partial charge >= 0.3 is 0 Å². The van der Waals surface area contributed by atoms with Crippen LogP contribution in [-0.2, 0) is 10.0 Å². The van der Waals surface area contributed by atoms with Crippen molar-refractivity contribution < 1.29 is 8.42 Å². The van der Waals surface area contributed by atoms with Crippen molar-refractivity contribution in [3.63, 3.8) is 0 Å². The zero-order valence-electron chi connectivity index (χ0n) is 11.1. The van der Waals surface area contributed by atoms with E-state index in [1.165, 1.54) is 6.20 Å². The Bertz CT molecular complexity index is 672. The Balaban J connectivity index is 2.46. The number of hydrogen-bond donors (Lipinski definition) is 3. The summed E-state index contributed by atoms with van der Waals surface area (Å²) in [6.45, 7) is 3.92. The summed E-state index contributed by atoms with van der Waals surface area (Å²) in [4.78, 5) is 3.21. The van der Waals surface area contributed by atoms with E-state index in [0.29, 0.717) is 11.1 Å². The van der Waals surface area contributed by atoms with Crippen LogP contribution < -0.4 is 10.5 Å². The maximum atomic E-state index is 12.4. The largest absolute Gasteiger partial charge is 0.399 e. The van der Waals surface area contributed by atoms with Crippen molar-refractivity contribution in [1.82, 2.24) is 9.71 Å². The number of sulfonamides is 1. The van der Waals surface area contributed by atoms with Gasteiger partial charge in [-0.3, -0.25) is 0 Å². The molecule has 1 aromatic heterocycles. The van der Waals surface area contributed by atoms with E-state index >= 15 is 0 Å². The second kappa shape index (κ2) is 5.22. The Kier molecular flexibility index (Phi) is 3.82. The molecule has 0 bridgehead atoms. The zero-order chi connectivity index (χ0) is 14.0. The van der Waals surface area contributed by atoms with Crippen molar-refractivity contribution in [2.24, 2.45) is 0 Å². The molecule has 0 fully saturated rings. The Hall–Kier alpha value is -1.53. The zero-order valence-corrected chi connectivity index (χ0v) is 11.9. The molecule has 1 aromatic carbocycles. The van der Waals surface area contributed by atoms with Gasteiger partial charge in [0.15, 0.2) is 0 Å². The van der Waals surface area contributed by atoms with E-state index in [2.05, 4.69) is 9.71 Å². The number of H-pyrrole nitrogens is 1. The quantitative estimate of drug-likeness (QED) is 0.734. The molecule has 104 valence electrons. The lowest BCUT2D eigenvalue weighted by atomic mass is 10.2. The van der Waals surface area contributed by atoms with Crippen molar-refractivity contribution in [2.75, 3.05) is 5.73 Å². The highest BCUT2D eigenvalue weighted by molar-refractivity contribution is 7.89. The standard InChI is InChI=1S/C13H19N3O2S/c1-3-10(4-2)16-19(17,18)13-8-15-12-6-5-9(14)7-11(12)13/h5-8,10,15-16H,3-4,14H2,1-2H3. The van der Waals surface area contributed by atoms with Crippen LogP contribution >= 0.6 is 0 Å². The van der Waals surface area contributed by atoms with Gasteiger partial charge < -0.3 is 10.7 Å². The molecule has 0 atom stereocenters. The molecule has 19 heavy (non-hydrogen) atoms. The van der Waals surface area contributed by atoms with Gasteiger partial charge in [-0.15, -0.1) is 0 Å². The van der Waals surface area contributed by atoms with Crippen LogP contribution in [0.2, 0.25) is 0 Å². The fourth-order valence-electron chi connectivity index (χ4n) is 2.07. The number of aromatic amines is 1. The number of nitrogens with one attached hydrogen (secondary N) is 2. The van der Waals surface area contributed by atoms with E-state index in [9.17, 15) is 8.42 Å². The van der Waals surface area contributed by atoms with Crippen molar-refractivity contribution in [2.45, 2.75) is 37.6 Å². The van der Waals surface area contributed by atoms with Crippen molar-refractivity contribution in [3.8, 4) is 0 Å². The van der Waals surface area contributed by atoms with Gasteiger partial charge in [0.1, 0.15) is 4.90 Å². The highest BCUT2D eigenvalue weighted by atomic mass is 32.2. The molecule has 2 rings (SSSR count). The first kappa shape index (κ1) is 13.9. The molecule has 0 unspecified atom stereocenters. The molecule has 1 heterocycles. The first-order valence-electron chi connectivity index (χ1n) is 6.37. The Labute approximate surface area is 113 Å². The summed E-state index contributed by atoms with van der Waals surface area (Å²) in [5, 5.41) is 0.624. The number of hydrogen-bond acceptors (Lipinski definition) is 3. The van der Waals surface area contributed by atoms with Crippen LogP contribution in [0.15, 0.2) is 29.3 Å². The molecule has 0 saturated heterocycles. The normalized spacial score (nSPS) is 12.4. The summed E-state index contributed by atoms with van der Waals surface area (Å²) in [5.41, 5.74) is 7.03. The lowest BCUT2D eigenvalue weighted by molar-refractivity contribution is 0.531. The fourth-order valence-corrected chi connectivity index (χ4v) is 3.64. The molecule has 0 aliphatic rings. The van der Waals surface area contributed by atoms with E-state index in [-0.39, 0.29) is 10.9 Å². The monoisotopic (exact) mass is 281 g/mol. The Morgan fingerprint density at radius 2 is 2.00 bits per heavy atom. The molecule has 0 aliphatic heterocycles. The number of benzene rings is 1. The van der Waals surface area contributed by atoms with Gasteiger partial charge in [0.25, 0.3) is 0 Å². The third-order valence-corrected chi connectivity index (χ3v) is 4.83. The maximum Gasteiger partial charge on any atom is 0.242 e. The molecule has 0 amide bonds. The van der Waals surface area contributed by atoms with Crippen molar-refractivity contribution in [1.29, 1.82) is 0 Å². The predicted octanol–water partition coefficient (Wildman–Crippen LogP) is 2.22. The van der Waals surface area contributed by atoms with Crippen LogP contribution in [0.5, 0.6) is 0 Å². The SMILES string of the molecule is CCC(CC)NS(=O)(=O)c1c[nH]c2ccc(N)cc12. The van der Waals surface area contributed by atoms with Crippen LogP contribution in [-0.4, -0.2) is 19.4 Å². The Morgan fingerprint density at radius 1 is 1.32 bits per heavy atom. The molecule has 0 saturated carbocycles. The Morgan fingerprint density at radius 3 is 2.63 bits per heavy atom. The van der Waals surface area contributed by atoms with E-state index in [4.69, 9.17) is 5.73 Å². The van der Waals surface area contributed by atoms with Gasteiger partial charge in [-0.05, 0) is 31.0 Å². The average molecular weight is 281 g/mol. The number of rotatable bonds is 5. The summed E-state index contributed by atoms with van der Waals surface area (Å²) >= 11 is 0. The summed E-state index contributed by atoms with van der Waals surface area (Å²) in [5.74, 6) is 0. The van der Waals surface area contributed by atoms with Crippen LogP contribution in [0.4, 0.5) is 5.69 Å². The molecule has 6 heteroatoms. The lowest BCUT2D eigenvalue weighted by Crippen LogP contribution is -2.33. The van der Waals surface area contributed by atoms with Crippen LogP contribution in [0.25, 0.3) is 10.9 Å². The van der Waals surface area contributed by atoms with Crippen molar-refractivity contribution in [3.05, 3.63) is 24.4 Å². The predicted molar refractivity (Wildman–Crippen MR) is 77.4 cm³/mol. The van der Waals surface area contributed by atoms with Crippen LogP contribution in [0.3, 0.4) is 0 Å². The van der Waals surface area contributed by atoms with E-state index in [0.717, 1.165) is 18.4 Å². The number of nitrogen functional groups attached to an aromatic ring is 1. The third kappa shape index (κ3) is 2.74. The second-order valence-electron chi connectivity index (χ2n) is 4.59. The molecule has 2 aromatic rings. The van der Waals surface area contributed by atoms with Crippen molar-refractivity contribution >= 4 is 26.6 Å². The molecular weight excluding hydrogens is 262 g/mol. The molecular formula is C13H19N3O2S. The molecule has 5 nitrogen and oxygen atoms in total. The lowest BCUT2D eigenvalue weighted by Gasteiger charge is -2.14. The topological polar surface area (TPSA) is 88.0 Å². The first-order valence-corrected chi connectivity index (χ1v) is 7.85. The summed E-state index contributed by atoms with van der Waals surface area (Å²) in [6, 6.07) is 5.15. The van der Waals surface area contributed by atoms with E-state index in [1.54, 1.807) is 18.2 Å². The maximum absolute atomic E-state index is 12.4. The summed E-state index contributed by atoms with van der Waals surface area (Å²) < 4.78 is 27.5. The smallest absolute Gasteiger partial charge is 0.242 e. The van der Waals surface area contributed by atoms with Gasteiger partial charge in [0.05, 0.1) is 0 Å². The van der Waals surface area contributed by atoms with Gasteiger partial charge in [-0.1, -0.05) is 13.8 Å². The molecule has 0 radical (unpaired) electrons. The third-order valence-electron chi connectivity index (χ3n) is 3.26. The molecule has 0 aliphatic carbocycles. The minimum absolute atomic E-state index is 0.0454. The molecule has 4 N–H and O–H groups in total. The van der Waals surface area contributed by atoms with E-state index in [1.807, 2.05) is 13.8 Å². The second-order valence-corrected chi connectivity index (χ2v) is 6.28. The van der Waals surface area contributed by atoms with E-state index < -0.39 is 10.0 Å². The summed E-state index contributed by atoms with van der Waals surface area (Å²) in [6.07, 6.45) is 3.04. The van der Waals surface area contributed by atoms with Gasteiger partial charge in [0, 0.05) is 28.8 Å². The van der Waals surface area contributed by atoms with Gasteiger partial charge in [-0.25, -0.2) is 13.1 Å². The number of aromatic nitrogens is 1. The number of anilines is 1. The molecule has 0 spiro atoms. The van der Waals surface area contributed by atoms with Gasteiger partial charge in [-0.2, -0.15) is 0 Å². The van der Waals surface area contributed by atoms with Gasteiger partial charge in [0.2, 0.25) is 10.0 Å². The van der Waals surface area contributed by atoms with Crippen LogP contribution in [0.1, 0.15) is 26.7 Å². The average Bonchev–Trinajstić information content (AvgIpc) is 2.79. The minimum atomic E-state index is -3.52. The first-order chi connectivity index (χ1) is 8.97. The minimum Gasteiger partial charge on any atom is -0.399 e. The highest BCUT2D eigenvalue weighted by Crippen LogP contribution is 2.25. The highest BCUT2D eigenvalue weighted by Gasteiger charge is 2.21. The summed E-state index contributed by atoms with van der Waals surface area (Å²) in [7, 11) is -3.52. The number of fused-ring (bicyclic) bond motifs is 1. The van der Waals surface area contributed by atoms with Crippen LogP contribution in [0, 0.1) is 0 Å². The number of nitrogens with two attached hydrogens (primary N) is 1. The fraction of sp³-hybridized carbons (Fsp3) is 0.385.